The number of rotatable bonds is 6. The van der Waals surface area contributed by atoms with E-state index >= 15 is 0 Å². The molecule has 1 aromatic heterocycles. The summed E-state index contributed by atoms with van der Waals surface area (Å²) in [6.45, 7) is 7.20. The highest BCUT2D eigenvalue weighted by atomic mass is 35.5. The number of hydrogen-bond donors (Lipinski definition) is 1. The number of likely N-dealkylation sites (tertiary alicyclic amines) is 1. The Kier molecular flexibility index (Phi) is 7.67. The van der Waals surface area contributed by atoms with Crippen molar-refractivity contribution in [2.75, 3.05) is 46.1 Å². The summed E-state index contributed by atoms with van der Waals surface area (Å²) in [6, 6.07) is 8.38. The Balaban J connectivity index is 1.17. The highest BCUT2D eigenvalue weighted by Gasteiger charge is 2.45. The van der Waals surface area contributed by atoms with Crippen molar-refractivity contribution in [2.45, 2.75) is 51.0 Å². The maximum Gasteiger partial charge on any atom is 0.260 e. The topological polar surface area (TPSA) is 71.5 Å². The summed E-state index contributed by atoms with van der Waals surface area (Å²) in [5.74, 6) is 0.707. The van der Waals surface area contributed by atoms with Crippen molar-refractivity contribution in [2.24, 2.45) is 0 Å². The van der Waals surface area contributed by atoms with Crippen LogP contribution in [-0.2, 0) is 39.4 Å². The molecule has 2 aromatic rings. The second kappa shape index (κ2) is 10.7. The molecule has 1 amide bonds. The van der Waals surface area contributed by atoms with Gasteiger partial charge in [0.2, 0.25) is 0 Å². The predicted octanol–water partition coefficient (Wildman–Crippen LogP) is 3.58. The van der Waals surface area contributed by atoms with E-state index in [0.29, 0.717) is 49.0 Å². The molecule has 2 saturated heterocycles. The molecule has 0 radical (unpaired) electrons. The minimum atomic E-state index is -0.296. The number of carbonyl (C=O) groups excluding carboxylic acids is 1. The van der Waals surface area contributed by atoms with Crippen LogP contribution in [0.4, 0.5) is 0 Å². The lowest BCUT2D eigenvalue weighted by atomic mass is 9.81. The fourth-order valence-electron chi connectivity index (χ4n) is 5.47. The molecule has 9 heteroatoms. The van der Waals surface area contributed by atoms with Gasteiger partial charge >= 0.3 is 0 Å². The molecule has 0 saturated carbocycles. The van der Waals surface area contributed by atoms with Gasteiger partial charge in [-0.2, -0.15) is 0 Å². The molecule has 5 rings (SSSR count). The van der Waals surface area contributed by atoms with Gasteiger partial charge in [0, 0.05) is 42.7 Å². The average molecular weight is 521 g/mol. The van der Waals surface area contributed by atoms with Gasteiger partial charge in [-0.3, -0.25) is 9.69 Å². The van der Waals surface area contributed by atoms with Crippen LogP contribution in [0.2, 0.25) is 4.34 Å². The quantitative estimate of drug-likeness (QED) is 0.627. The number of nitrogens with zero attached hydrogens (tertiary/aromatic N) is 2. The number of halogens is 1. The van der Waals surface area contributed by atoms with Crippen LogP contribution in [0.3, 0.4) is 0 Å². The van der Waals surface area contributed by atoms with Crippen LogP contribution in [-0.4, -0.2) is 72.9 Å². The number of piperidine rings is 1. The van der Waals surface area contributed by atoms with Gasteiger partial charge in [0.05, 0.1) is 30.8 Å². The fourth-order valence-corrected chi connectivity index (χ4v) is 7.15. The molecular formula is C26H33ClN2O5S. The average Bonchev–Trinajstić information content (AvgIpc) is 3.22. The minimum absolute atomic E-state index is 0.000302. The number of thiophene rings is 1. The van der Waals surface area contributed by atoms with Gasteiger partial charge in [0.15, 0.2) is 6.61 Å². The Bertz CT molecular complexity index is 1040. The van der Waals surface area contributed by atoms with Crippen molar-refractivity contribution in [3.05, 3.63) is 50.2 Å². The molecule has 0 aliphatic carbocycles. The van der Waals surface area contributed by atoms with E-state index in [4.69, 9.17) is 25.8 Å². The first-order valence-corrected chi connectivity index (χ1v) is 13.5. The number of amides is 1. The smallest absolute Gasteiger partial charge is 0.260 e. The first kappa shape index (κ1) is 25.0. The highest BCUT2D eigenvalue weighted by Crippen LogP contribution is 2.49. The zero-order valence-corrected chi connectivity index (χ0v) is 21.7. The van der Waals surface area contributed by atoms with Gasteiger partial charge in [-0.05, 0) is 49.4 Å². The Morgan fingerprint density at radius 3 is 2.71 bits per heavy atom. The second-order valence-electron chi connectivity index (χ2n) is 9.61. The number of hydrogen-bond acceptors (Lipinski definition) is 7. The molecule has 7 nitrogen and oxygen atoms in total. The van der Waals surface area contributed by atoms with Gasteiger partial charge in [-0.15, -0.1) is 11.3 Å². The van der Waals surface area contributed by atoms with Crippen molar-refractivity contribution in [3.63, 3.8) is 0 Å². The lowest BCUT2D eigenvalue weighted by Gasteiger charge is -2.47. The van der Waals surface area contributed by atoms with Crippen LogP contribution in [0.1, 0.15) is 41.3 Å². The number of aliphatic hydroxyl groups excluding tert-OH is 1. The normalized spacial score (nSPS) is 25.0. The van der Waals surface area contributed by atoms with Crippen molar-refractivity contribution >= 4 is 28.8 Å². The summed E-state index contributed by atoms with van der Waals surface area (Å²) < 4.78 is 18.1. The molecule has 0 bridgehead atoms. The Labute approximate surface area is 215 Å². The van der Waals surface area contributed by atoms with Crippen LogP contribution in [0.25, 0.3) is 0 Å². The molecular weight excluding hydrogens is 488 g/mol. The summed E-state index contributed by atoms with van der Waals surface area (Å²) >= 11 is 8.04. The van der Waals surface area contributed by atoms with E-state index in [1.165, 1.54) is 16.0 Å². The van der Waals surface area contributed by atoms with Crippen molar-refractivity contribution in [1.29, 1.82) is 0 Å². The monoisotopic (exact) mass is 520 g/mol. The molecule has 0 unspecified atom stereocenters. The molecule has 35 heavy (non-hydrogen) atoms. The second-order valence-corrected chi connectivity index (χ2v) is 11.2. The molecule has 2 atom stereocenters. The van der Waals surface area contributed by atoms with E-state index in [0.717, 1.165) is 37.9 Å². The molecule has 3 aliphatic heterocycles. The predicted molar refractivity (Wildman–Crippen MR) is 135 cm³/mol. The summed E-state index contributed by atoms with van der Waals surface area (Å²) in [5.41, 5.74) is 3.01. The summed E-state index contributed by atoms with van der Waals surface area (Å²) in [6.07, 6.45) is 2.64. The number of aliphatic hydroxyl groups is 1. The van der Waals surface area contributed by atoms with Crippen LogP contribution in [0, 0.1) is 0 Å². The van der Waals surface area contributed by atoms with E-state index in [2.05, 4.69) is 24.0 Å². The van der Waals surface area contributed by atoms with Crippen molar-refractivity contribution < 1.29 is 24.1 Å². The summed E-state index contributed by atoms with van der Waals surface area (Å²) in [4.78, 5) is 17.8. The number of fused-ring (bicyclic) bond motifs is 2. The molecule has 2 fully saturated rings. The van der Waals surface area contributed by atoms with E-state index in [1.54, 1.807) is 16.2 Å². The summed E-state index contributed by atoms with van der Waals surface area (Å²) in [7, 11) is 0. The minimum Gasteiger partial charge on any atom is -0.484 e. The third-order valence-electron chi connectivity index (χ3n) is 7.46. The molecule has 1 spiro atoms. The van der Waals surface area contributed by atoms with Gasteiger partial charge in [0.1, 0.15) is 11.4 Å². The Morgan fingerprint density at radius 1 is 1.23 bits per heavy atom. The number of morpholine rings is 1. The SMILES string of the molecule is C[C@H]1C[C@@]2(CCN1Cc1ccc(OCC(=O)N3CCOCC3)cc1)OCCc1c2sc(Cl)c1CO. The Hall–Kier alpha value is -1.68. The number of benzene rings is 1. The summed E-state index contributed by atoms with van der Waals surface area (Å²) in [5, 5.41) is 9.79. The van der Waals surface area contributed by atoms with E-state index in [1.807, 2.05) is 12.1 Å². The highest BCUT2D eigenvalue weighted by molar-refractivity contribution is 7.16. The zero-order chi connectivity index (χ0) is 24.4. The number of ether oxygens (including phenoxy) is 3. The molecule has 4 heterocycles. The van der Waals surface area contributed by atoms with Gasteiger partial charge in [-0.1, -0.05) is 23.7 Å². The maximum absolute atomic E-state index is 12.3. The molecule has 3 aliphatic rings. The van der Waals surface area contributed by atoms with E-state index in [9.17, 15) is 9.90 Å². The third-order valence-corrected chi connectivity index (χ3v) is 9.16. The van der Waals surface area contributed by atoms with Crippen LogP contribution >= 0.6 is 22.9 Å². The maximum atomic E-state index is 12.3. The Morgan fingerprint density at radius 2 is 2.00 bits per heavy atom. The van der Waals surface area contributed by atoms with Crippen LogP contribution in [0.15, 0.2) is 24.3 Å². The zero-order valence-electron chi connectivity index (χ0n) is 20.1. The molecule has 1 aromatic carbocycles. The van der Waals surface area contributed by atoms with E-state index < -0.39 is 0 Å². The van der Waals surface area contributed by atoms with Gasteiger partial charge in [0.25, 0.3) is 5.91 Å². The first-order chi connectivity index (χ1) is 17.0. The third kappa shape index (κ3) is 5.24. The van der Waals surface area contributed by atoms with Gasteiger partial charge < -0.3 is 24.2 Å². The standard InChI is InChI=1S/C26H33ClN2O5S/c1-18-14-26(24-21(6-11-34-26)22(16-30)25(27)35-24)7-8-29(18)15-19-2-4-20(5-3-19)33-17-23(31)28-9-12-32-13-10-28/h2-5,18,30H,6-17H2,1H3/t18-,26+/m0/s1. The lowest BCUT2D eigenvalue weighted by molar-refractivity contribution is -0.137. The fraction of sp³-hybridized carbons (Fsp3) is 0.577. The van der Waals surface area contributed by atoms with E-state index in [-0.39, 0.29) is 24.7 Å². The van der Waals surface area contributed by atoms with Crippen LogP contribution < -0.4 is 4.74 Å². The molecule has 190 valence electrons. The lowest BCUT2D eigenvalue weighted by Crippen LogP contribution is -2.50. The number of carbonyl (C=O) groups is 1. The van der Waals surface area contributed by atoms with Gasteiger partial charge in [-0.25, -0.2) is 0 Å². The largest absolute Gasteiger partial charge is 0.484 e. The van der Waals surface area contributed by atoms with Crippen molar-refractivity contribution in [1.82, 2.24) is 9.80 Å². The van der Waals surface area contributed by atoms with Crippen LogP contribution in [0.5, 0.6) is 5.75 Å². The first-order valence-electron chi connectivity index (χ1n) is 12.4. The molecule has 1 N–H and O–H groups in total. The van der Waals surface area contributed by atoms with Crippen molar-refractivity contribution in [3.8, 4) is 5.75 Å².